The number of hydrogen-bond acceptors (Lipinski definition) is 5. The van der Waals surface area contributed by atoms with E-state index in [4.69, 9.17) is 0 Å². The number of benzene rings is 2. The molecule has 2 heterocycles. The molecule has 8 nitrogen and oxygen atoms in total. The predicted molar refractivity (Wildman–Crippen MR) is 101 cm³/mol. The molecular formula is C18H17N3O5S. The van der Waals surface area contributed by atoms with Gasteiger partial charge in [0.2, 0.25) is 0 Å². The summed E-state index contributed by atoms with van der Waals surface area (Å²) in [4.78, 5) is 26.6. The van der Waals surface area contributed by atoms with Gasteiger partial charge in [-0.2, -0.15) is 0 Å². The summed E-state index contributed by atoms with van der Waals surface area (Å²) >= 11 is 0. The Hall–Kier alpha value is -2.94. The Balaban J connectivity index is 1.80. The zero-order valence-electron chi connectivity index (χ0n) is 14.5. The normalized spacial score (nSPS) is 23.5. The standard InChI is InChI=1S/C18H17N3O5S/c1-12-5-7-13(8-6-12)19-16-10-27(25,26)11-17(16)20(18(19)22)14-3-2-4-15(9-14)21(23)24/h2-9,16-17H,10-11H2,1H3. The SMILES string of the molecule is Cc1ccc(N2C(=O)N(c3cccc([N+](=O)[O-])c3)C3CS(=O)(=O)CC32)cc1. The highest BCUT2D eigenvalue weighted by Crippen LogP contribution is 2.38. The minimum atomic E-state index is -3.31. The van der Waals surface area contributed by atoms with Gasteiger partial charge in [-0.25, -0.2) is 13.2 Å². The van der Waals surface area contributed by atoms with Gasteiger partial charge in [0.1, 0.15) is 0 Å². The first-order valence-corrected chi connectivity index (χ1v) is 10.2. The molecule has 0 saturated carbocycles. The molecule has 140 valence electrons. The van der Waals surface area contributed by atoms with Crippen LogP contribution in [-0.2, 0) is 9.84 Å². The van der Waals surface area contributed by atoms with Crippen LogP contribution in [0.25, 0.3) is 0 Å². The minimum Gasteiger partial charge on any atom is -0.288 e. The Kier molecular flexibility index (Phi) is 3.92. The molecule has 2 unspecified atom stereocenters. The molecule has 0 radical (unpaired) electrons. The summed E-state index contributed by atoms with van der Waals surface area (Å²) in [6.45, 7) is 1.92. The van der Waals surface area contributed by atoms with Crippen molar-refractivity contribution in [1.29, 1.82) is 0 Å². The smallest absolute Gasteiger partial charge is 0.288 e. The second-order valence-corrected chi connectivity index (χ2v) is 9.00. The number of hydrogen-bond donors (Lipinski definition) is 0. The second kappa shape index (κ2) is 6.05. The number of nitro benzene ring substituents is 1. The molecule has 0 aromatic heterocycles. The van der Waals surface area contributed by atoms with E-state index >= 15 is 0 Å². The lowest BCUT2D eigenvalue weighted by atomic mass is 10.1. The third kappa shape index (κ3) is 2.93. The van der Waals surface area contributed by atoms with Gasteiger partial charge in [0.15, 0.2) is 9.84 Å². The Morgan fingerprint density at radius 1 is 1.00 bits per heavy atom. The Morgan fingerprint density at radius 3 is 2.19 bits per heavy atom. The number of sulfone groups is 1. The first kappa shape index (κ1) is 17.5. The summed E-state index contributed by atoms with van der Waals surface area (Å²) in [5, 5.41) is 11.1. The van der Waals surface area contributed by atoms with Crippen LogP contribution in [0.3, 0.4) is 0 Å². The molecule has 2 aliphatic heterocycles. The van der Waals surface area contributed by atoms with E-state index in [1.807, 2.05) is 19.1 Å². The number of carbonyl (C=O) groups is 1. The van der Waals surface area contributed by atoms with Crippen LogP contribution in [0.4, 0.5) is 21.9 Å². The van der Waals surface area contributed by atoms with Crippen LogP contribution < -0.4 is 9.80 Å². The maximum Gasteiger partial charge on any atom is 0.329 e. The highest BCUT2D eigenvalue weighted by atomic mass is 32.2. The number of aryl methyl sites for hydroxylation is 1. The topological polar surface area (TPSA) is 101 Å². The number of amides is 2. The number of anilines is 2. The van der Waals surface area contributed by atoms with Crippen LogP contribution in [0.15, 0.2) is 48.5 Å². The Labute approximate surface area is 156 Å². The number of non-ortho nitro benzene ring substituents is 1. The van der Waals surface area contributed by atoms with Crippen molar-refractivity contribution in [3.8, 4) is 0 Å². The van der Waals surface area contributed by atoms with E-state index in [2.05, 4.69) is 0 Å². The molecule has 2 aromatic rings. The second-order valence-electron chi connectivity index (χ2n) is 6.85. The minimum absolute atomic E-state index is 0.122. The molecular weight excluding hydrogens is 370 g/mol. The van der Waals surface area contributed by atoms with E-state index < -0.39 is 26.8 Å². The van der Waals surface area contributed by atoms with E-state index in [-0.39, 0.29) is 23.2 Å². The third-order valence-electron chi connectivity index (χ3n) is 5.00. The van der Waals surface area contributed by atoms with Crippen LogP contribution in [0, 0.1) is 17.0 Å². The molecule has 0 N–H and O–H groups in total. The van der Waals surface area contributed by atoms with Gasteiger partial charge >= 0.3 is 6.03 Å². The van der Waals surface area contributed by atoms with Crippen LogP contribution in [-0.4, -0.2) is 43.0 Å². The molecule has 0 bridgehead atoms. The summed E-state index contributed by atoms with van der Waals surface area (Å²) in [5.74, 6) is -0.281. The van der Waals surface area contributed by atoms with Crippen molar-refractivity contribution >= 4 is 32.9 Å². The van der Waals surface area contributed by atoms with E-state index in [9.17, 15) is 23.3 Å². The average molecular weight is 387 g/mol. The molecule has 4 rings (SSSR count). The fourth-order valence-corrected chi connectivity index (χ4v) is 5.69. The highest BCUT2D eigenvalue weighted by Gasteiger charge is 2.54. The van der Waals surface area contributed by atoms with Gasteiger partial charge in [0, 0.05) is 17.8 Å². The van der Waals surface area contributed by atoms with Gasteiger partial charge in [-0.3, -0.25) is 19.9 Å². The Morgan fingerprint density at radius 2 is 1.59 bits per heavy atom. The first-order valence-electron chi connectivity index (χ1n) is 8.41. The fraction of sp³-hybridized carbons (Fsp3) is 0.278. The van der Waals surface area contributed by atoms with Crippen molar-refractivity contribution in [3.05, 3.63) is 64.2 Å². The molecule has 2 saturated heterocycles. The summed E-state index contributed by atoms with van der Waals surface area (Å²) in [7, 11) is -3.31. The van der Waals surface area contributed by atoms with Gasteiger partial charge < -0.3 is 0 Å². The maximum absolute atomic E-state index is 13.2. The maximum atomic E-state index is 13.2. The number of urea groups is 1. The van der Waals surface area contributed by atoms with Crippen LogP contribution in [0.5, 0.6) is 0 Å². The van der Waals surface area contributed by atoms with Crippen molar-refractivity contribution < 1.29 is 18.1 Å². The van der Waals surface area contributed by atoms with Gasteiger partial charge in [0.05, 0.1) is 34.2 Å². The lowest BCUT2D eigenvalue weighted by molar-refractivity contribution is -0.384. The van der Waals surface area contributed by atoms with Gasteiger partial charge in [0.25, 0.3) is 5.69 Å². The Bertz CT molecular complexity index is 1040. The summed E-state index contributed by atoms with van der Waals surface area (Å²) in [6.07, 6.45) is 0. The summed E-state index contributed by atoms with van der Waals surface area (Å²) in [6, 6.07) is 11.5. The van der Waals surface area contributed by atoms with Crippen molar-refractivity contribution in [2.75, 3.05) is 21.3 Å². The van der Waals surface area contributed by atoms with Gasteiger partial charge in [-0.15, -0.1) is 0 Å². The number of carbonyl (C=O) groups excluding carboxylic acids is 1. The van der Waals surface area contributed by atoms with Crippen molar-refractivity contribution in [3.63, 3.8) is 0 Å². The largest absolute Gasteiger partial charge is 0.329 e. The molecule has 9 heteroatoms. The monoisotopic (exact) mass is 387 g/mol. The third-order valence-corrected chi connectivity index (χ3v) is 6.70. The van der Waals surface area contributed by atoms with Gasteiger partial charge in [-0.05, 0) is 25.1 Å². The number of nitro groups is 1. The van der Waals surface area contributed by atoms with Crippen molar-refractivity contribution in [1.82, 2.24) is 0 Å². The van der Waals surface area contributed by atoms with E-state index in [0.29, 0.717) is 11.4 Å². The quantitative estimate of drug-likeness (QED) is 0.458. The molecule has 2 atom stereocenters. The molecule has 0 spiro atoms. The predicted octanol–water partition coefficient (Wildman–Crippen LogP) is 2.52. The lowest BCUT2D eigenvalue weighted by Crippen LogP contribution is -2.37. The first-order chi connectivity index (χ1) is 12.8. The molecule has 2 amide bonds. The molecule has 0 aliphatic carbocycles. The summed E-state index contributed by atoms with van der Waals surface area (Å²) < 4.78 is 24.5. The van der Waals surface area contributed by atoms with E-state index in [1.165, 1.54) is 28.0 Å². The van der Waals surface area contributed by atoms with E-state index in [0.717, 1.165) is 5.56 Å². The highest BCUT2D eigenvalue weighted by molar-refractivity contribution is 7.91. The zero-order valence-corrected chi connectivity index (χ0v) is 15.3. The lowest BCUT2D eigenvalue weighted by Gasteiger charge is -2.22. The number of nitrogens with zero attached hydrogens (tertiary/aromatic N) is 3. The number of rotatable bonds is 3. The van der Waals surface area contributed by atoms with Crippen LogP contribution >= 0.6 is 0 Å². The van der Waals surface area contributed by atoms with Crippen LogP contribution in [0.1, 0.15) is 5.56 Å². The molecule has 2 aromatic carbocycles. The zero-order chi connectivity index (χ0) is 19.3. The van der Waals surface area contributed by atoms with Crippen molar-refractivity contribution in [2.45, 2.75) is 19.0 Å². The number of fused-ring (bicyclic) bond motifs is 1. The molecule has 27 heavy (non-hydrogen) atoms. The average Bonchev–Trinajstić information content (AvgIpc) is 3.04. The van der Waals surface area contributed by atoms with Gasteiger partial charge in [-0.1, -0.05) is 23.8 Å². The molecule has 2 fully saturated rings. The van der Waals surface area contributed by atoms with Crippen LogP contribution in [0.2, 0.25) is 0 Å². The molecule has 2 aliphatic rings. The summed E-state index contributed by atoms with van der Waals surface area (Å²) in [5.41, 5.74) is 1.82. The van der Waals surface area contributed by atoms with E-state index in [1.54, 1.807) is 18.2 Å². The van der Waals surface area contributed by atoms with Crippen molar-refractivity contribution in [2.24, 2.45) is 0 Å². The fourth-order valence-electron chi connectivity index (χ4n) is 3.77.